The number of hydrogen-bond acceptors (Lipinski definition) is 5. The van der Waals surface area contributed by atoms with Crippen LogP contribution in [0.5, 0.6) is 11.5 Å². The highest BCUT2D eigenvalue weighted by atomic mass is 19.3. The van der Waals surface area contributed by atoms with Crippen LogP contribution < -0.4 is 14.4 Å². The second-order valence-electron chi connectivity index (χ2n) is 7.30. The maximum Gasteiger partial charge on any atom is 0.507 e. The maximum absolute atomic E-state index is 13.5. The van der Waals surface area contributed by atoms with Crippen molar-refractivity contribution in [2.75, 3.05) is 31.1 Å². The zero-order valence-electron chi connectivity index (χ0n) is 15.1. The van der Waals surface area contributed by atoms with Crippen LogP contribution >= 0.6 is 0 Å². The number of carbonyl (C=O) groups is 1. The molecule has 0 unspecified atom stereocenters. The standard InChI is InChI=1S/C17H20F4N2O4/c1-15(2,3)27-14(24)23-9-7-22(8-10-23)11-5-4-6-12-13(11)26-17(20,21)16(18,19)25-12/h4-6H,7-10H2,1-3H3. The van der Waals surface area contributed by atoms with Crippen LogP contribution in [0.3, 0.4) is 0 Å². The third-order valence-corrected chi connectivity index (χ3v) is 4.04. The molecular weight excluding hydrogens is 372 g/mol. The van der Waals surface area contributed by atoms with E-state index in [0.717, 1.165) is 6.07 Å². The van der Waals surface area contributed by atoms with E-state index in [1.54, 1.807) is 25.7 Å². The van der Waals surface area contributed by atoms with Gasteiger partial charge >= 0.3 is 18.3 Å². The lowest BCUT2D eigenvalue weighted by molar-refractivity contribution is -0.391. The number of hydrogen-bond donors (Lipinski definition) is 0. The van der Waals surface area contributed by atoms with E-state index in [4.69, 9.17) is 4.74 Å². The second kappa shape index (κ2) is 6.35. The summed E-state index contributed by atoms with van der Waals surface area (Å²) in [5.41, 5.74) is -0.430. The van der Waals surface area contributed by atoms with Crippen molar-refractivity contribution in [1.82, 2.24) is 4.90 Å². The molecule has 1 aromatic carbocycles. The van der Waals surface area contributed by atoms with Gasteiger partial charge in [-0.3, -0.25) is 0 Å². The Balaban J connectivity index is 1.74. The molecule has 0 bridgehead atoms. The van der Waals surface area contributed by atoms with Crippen LogP contribution in [0.4, 0.5) is 28.0 Å². The number of anilines is 1. The minimum atomic E-state index is -4.78. The molecule has 1 fully saturated rings. The summed E-state index contributed by atoms with van der Waals surface area (Å²) in [5, 5.41) is 0. The zero-order valence-corrected chi connectivity index (χ0v) is 15.1. The summed E-state index contributed by atoms with van der Waals surface area (Å²) in [5.74, 6) is -0.905. The predicted octanol–water partition coefficient (Wildman–Crippen LogP) is 3.70. The monoisotopic (exact) mass is 392 g/mol. The molecule has 2 heterocycles. The highest BCUT2D eigenvalue weighted by Crippen LogP contribution is 2.50. The Hall–Kier alpha value is -2.39. The quantitative estimate of drug-likeness (QED) is 0.683. The Morgan fingerprint density at radius 2 is 1.63 bits per heavy atom. The Morgan fingerprint density at radius 1 is 1.04 bits per heavy atom. The highest BCUT2D eigenvalue weighted by Gasteiger charge is 2.66. The maximum atomic E-state index is 13.5. The first-order chi connectivity index (χ1) is 12.4. The molecule has 0 saturated carbocycles. The molecule has 2 aliphatic heterocycles. The van der Waals surface area contributed by atoms with Crippen LogP contribution in [0.1, 0.15) is 20.8 Å². The largest absolute Gasteiger partial charge is 0.507 e. The topological polar surface area (TPSA) is 51.2 Å². The number of nitrogens with zero attached hydrogens (tertiary/aromatic N) is 2. The lowest BCUT2D eigenvalue weighted by atomic mass is 10.2. The van der Waals surface area contributed by atoms with Crippen LogP contribution in [0.25, 0.3) is 0 Å². The summed E-state index contributed by atoms with van der Waals surface area (Å²) in [7, 11) is 0. The summed E-state index contributed by atoms with van der Waals surface area (Å²) in [6.45, 7) is 6.42. The number of alkyl halides is 4. The van der Waals surface area contributed by atoms with E-state index < -0.39 is 35.4 Å². The molecule has 0 N–H and O–H groups in total. The molecule has 0 spiro atoms. The van der Waals surface area contributed by atoms with Crippen molar-refractivity contribution in [3.8, 4) is 11.5 Å². The molecule has 6 nitrogen and oxygen atoms in total. The van der Waals surface area contributed by atoms with Crippen molar-refractivity contribution >= 4 is 11.8 Å². The van der Waals surface area contributed by atoms with E-state index >= 15 is 0 Å². The van der Waals surface area contributed by atoms with Crippen molar-refractivity contribution in [2.45, 2.75) is 38.6 Å². The minimum absolute atomic E-state index is 0.200. The number of piperazine rings is 1. The van der Waals surface area contributed by atoms with Gasteiger partial charge in [0.2, 0.25) is 0 Å². The number of carbonyl (C=O) groups excluding carboxylic acids is 1. The molecule has 0 aromatic heterocycles. The van der Waals surface area contributed by atoms with Gasteiger partial charge in [-0.2, -0.15) is 17.6 Å². The Morgan fingerprint density at radius 3 is 2.22 bits per heavy atom. The van der Waals surface area contributed by atoms with E-state index in [9.17, 15) is 22.4 Å². The predicted molar refractivity (Wildman–Crippen MR) is 87.6 cm³/mol. The molecule has 1 amide bonds. The van der Waals surface area contributed by atoms with Crippen molar-refractivity contribution < 1.29 is 36.6 Å². The van der Waals surface area contributed by atoms with Gasteiger partial charge in [-0.05, 0) is 32.9 Å². The number of benzene rings is 1. The lowest BCUT2D eigenvalue weighted by Gasteiger charge is -2.39. The normalized spacial score (nSPS) is 21.0. The van der Waals surface area contributed by atoms with Gasteiger partial charge in [0.15, 0.2) is 11.5 Å². The molecule has 1 aromatic rings. The van der Waals surface area contributed by atoms with E-state index in [2.05, 4.69) is 9.47 Å². The van der Waals surface area contributed by atoms with Crippen LogP contribution in [0.15, 0.2) is 18.2 Å². The van der Waals surface area contributed by atoms with Gasteiger partial charge in [0.1, 0.15) is 5.60 Å². The van der Waals surface area contributed by atoms with Crippen molar-refractivity contribution in [1.29, 1.82) is 0 Å². The fourth-order valence-electron chi connectivity index (χ4n) is 2.78. The first kappa shape index (κ1) is 19.4. The smallest absolute Gasteiger partial charge is 0.444 e. The molecule has 0 aliphatic carbocycles. The SMILES string of the molecule is CC(C)(C)OC(=O)N1CCN(c2cccc3c2OC(F)(F)C(F)(F)O3)CC1. The molecule has 2 aliphatic rings. The number of amides is 1. The van der Waals surface area contributed by atoms with Crippen LogP contribution in [-0.2, 0) is 4.74 Å². The molecule has 150 valence electrons. The lowest BCUT2D eigenvalue weighted by Crippen LogP contribution is -2.53. The number of para-hydroxylation sites is 1. The van der Waals surface area contributed by atoms with E-state index in [1.165, 1.54) is 17.0 Å². The van der Waals surface area contributed by atoms with E-state index in [1.807, 2.05) is 0 Å². The first-order valence-corrected chi connectivity index (χ1v) is 8.39. The summed E-state index contributed by atoms with van der Waals surface area (Å²) in [4.78, 5) is 15.3. The molecule has 0 radical (unpaired) electrons. The van der Waals surface area contributed by atoms with Gasteiger partial charge in [-0.15, -0.1) is 0 Å². The fourth-order valence-corrected chi connectivity index (χ4v) is 2.78. The van der Waals surface area contributed by atoms with Crippen molar-refractivity contribution in [3.63, 3.8) is 0 Å². The van der Waals surface area contributed by atoms with Crippen molar-refractivity contribution in [2.24, 2.45) is 0 Å². The summed E-state index contributed by atoms with van der Waals surface area (Å²) < 4.78 is 67.5. The van der Waals surface area contributed by atoms with Crippen LogP contribution in [-0.4, -0.2) is 55.0 Å². The van der Waals surface area contributed by atoms with Crippen LogP contribution in [0, 0.1) is 0 Å². The van der Waals surface area contributed by atoms with Gasteiger partial charge in [0, 0.05) is 26.2 Å². The van der Waals surface area contributed by atoms with Crippen LogP contribution in [0.2, 0.25) is 0 Å². The Kier molecular flexibility index (Phi) is 4.55. The number of ether oxygens (including phenoxy) is 3. The van der Waals surface area contributed by atoms with E-state index in [-0.39, 0.29) is 18.8 Å². The summed E-state index contributed by atoms with van der Waals surface area (Å²) >= 11 is 0. The minimum Gasteiger partial charge on any atom is -0.444 e. The molecular formula is C17H20F4N2O4. The molecule has 27 heavy (non-hydrogen) atoms. The first-order valence-electron chi connectivity index (χ1n) is 8.39. The average molecular weight is 392 g/mol. The van der Waals surface area contributed by atoms with Gasteiger partial charge in [0.05, 0.1) is 5.69 Å². The third-order valence-electron chi connectivity index (χ3n) is 4.04. The number of fused-ring (bicyclic) bond motifs is 1. The van der Waals surface area contributed by atoms with E-state index in [0.29, 0.717) is 13.1 Å². The molecule has 3 rings (SSSR count). The number of rotatable bonds is 1. The fraction of sp³-hybridized carbons (Fsp3) is 0.588. The second-order valence-corrected chi connectivity index (χ2v) is 7.30. The Bertz CT molecular complexity index is 728. The number of halogens is 4. The van der Waals surface area contributed by atoms with Gasteiger partial charge in [-0.25, -0.2) is 4.79 Å². The third kappa shape index (κ3) is 3.84. The Labute approximate surface area is 153 Å². The van der Waals surface area contributed by atoms with Gasteiger partial charge in [-0.1, -0.05) is 6.07 Å². The highest BCUT2D eigenvalue weighted by molar-refractivity contribution is 5.70. The summed E-state index contributed by atoms with van der Waals surface area (Å²) in [6.07, 6.45) is -10.0. The van der Waals surface area contributed by atoms with Gasteiger partial charge in [0.25, 0.3) is 0 Å². The molecule has 1 saturated heterocycles. The van der Waals surface area contributed by atoms with Crippen molar-refractivity contribution in [3.05, 3.63) is 18.2 Å². The average Bonchev–Trinajstić information content (AvgIpc) is 2.53. The zero-order chi connectivity index (χ0) is 20.0. The van der Waals surface area contributed by atoms with Gasteiger partial charge < -0.3 is 24.0 Å². The summed E-state index contributed by atoms with van der Waals surface area (Å²) in [6, 6.07) is 4.03. The molecule has 0 atom stereocenters. The molecule has 10 heteroatoms.